The Balaban J connectivity index is 1.55. The third-order valence-electron chi connectivity index (χ3n) is 5.05. The quantitative estimate of drug-likeness (QED) is 0.313. The van der Waals surface area contributed by atoms with E-state index in [0.717, 1.165) is 11.1 Å². The van der Waals surface area contributed by atoms with Crippen molar-refractivity contribution in [3.05, 3.63) is 89.5 Å². The second kappa shape index (κ2) is 12.8. The Hall–Kier alpha value is -4.33. The molecule has 3 aromatic rings. The number of anilines is 1. The monoisotopic (exact) mass is 475 g/mol. The molecule has 182 valence electrons. The van der Waals surface area contributed by atoms with Crippen molar-refractivity contribution >= 4 is 23.7 Å². The zero-order chi connectivity index (χ0) is 25.0. The summed E-state index contributed by atoms with van der Waals surface area (Å²) in [6.45, 7) is 4.00. The van der Waals surface area contributed by atoms with Gasteiger partial charge in [0, 0.05) is 5.56 Å². The first-order valence-electron chi connectivity index (χ1n) is 11.2. The lowest BCUT2D eigenvalue weighted by Gasteiger charge is -2.16. The summed E-state index contributed by atoms with van der Waals surface area (Å²) in [6, 6.07) is 21.6. The molecule has 0 aromatic heterocycles. The summed E-state index contributed by atoms with van der Waals surface area (Å²) < 4.78 is 10.8. The van der Waals surface area contributed by atoms with Crippen LogP contribution >= 0.6 is 0 Å². The van der Waals surface area contributed by atoms with Crippen molar-refractivity contribution in [1.82, 2.24) is 5.32 Å². The molecule has 3 rings (SSSR count). The van der Waals surface area contributed by atoms with Crippen LogP contribution in [0.5, 0.6) is 11.5 Å². The fraction of sp³-hybridized carbons (Fsp3) is 0.222. The summed E-state index contributed by atoms with van der Waals surface area (Å²) in [4.78, 5) is 30.3. The summed E-state index contributed by atoms with van der Waals surface area (Å²) in [5.41, 5.74) is 2.45. The van der Waals surface area contributed by atoms with Gasteiger partial charge in [-0.2, -0.15) is 0 Å². The van der Waals surface area contributed by atoms with Crippen molar-refractivity contribution in [3.63, 3.8) is 0 Å². The number of nitrogens with zero attached hydrogens (tertiary/aromatic N) is 1. The number of carbonyl (C=O) groups is 2. The highest BCUT2D eigenvalue weighted by Gasteiger charge is 2.16. The zero-order valence-electron chi connectivity index (χ0n) is 20.0. The van der Waals surface area contributed by atoms with Crippen LogP contribution in [0.15, 0.2) is 78.0 Å². The van der Waals surface area contributed by atoms with Crippen molar-refractivity contribution in [2.45, 2.75) is 19.9 Å². The lowest BCUT2D eigenvalue weighted by atomic mass is 10.1. The van der Waals surface area contributed by atoms with Crippen LogP contribution in [0, 0.1) is 0 Å². The molecule has 0 aliphatic heterocycles. The molecule has 3 aromatic carbocycles. The lowest BCUT2D eigenvalue weighted by molar-refractivity contribution is -0.120. The molecule has 0 spiro atoms. The number of para-hydroxylation sites is 1. The van der Waals surface area contributed by atoms with Crippen molar-refractivity contribution in [3.8, 4) is 11.5 Å². The fourth-order valence-electron chi connectivity index (χ4n) is 3.31. The number of amides is 2. The number of nitrogens with one attached hydrogen (secondary N) is 2. The molecule has 2 N–H and O–H groups in total. The van der Waals surface area contributed by atoms with Crippen molar-refractivity contribution in [1.29, 1.82) is 0 Å². The van der Waals surface area contributed by atoms with Crippen LogP contribution in [-0.2, 0) is 9.63 Å². The Morgan fingerprint density at radius 1 is 1.00 bits per heavy atom. The van der Waals surface area contributed by atoms with Gasteiger partial charge in [0.15, 0.2) is 18.1 Å². The van der Waals surface area contributed by atoms with Gasteiger partial charge in [-0.15, -0.1) is 0 Å². The van der Waals surface area contributed by atoms with Crippen LogP contribution in [0.3, 0.4) is 0 Å². The first-order chi connectivity index (χ1) is 17.0. The van der Waals surface area contributed by atoms with Gasteiger partial charge in [-0.1, -0.05) is 47.6 Å². The standard InChI is InChI=1S/C27H29N3O5/c1-4-34-24-15-14-20(16-25(24)33-3)17-28-35-18-26(31)30-23-13-9-8-12-22(23)27(32)29-19(2)21-10-6-5-7-11-21/h5-17,19H,4,18H2,1-3H3,(H,29,32)(H,30,31)/b28-17+. The first kappa shape index (κ1) is 25.3. The van der Waals surface area contributed by atoms with Gasteiger partial charge in [0.2, 0.25) is 0 Å². The van der Waals surface area contributed by atoms with Gasteiger partial charge in [0.25, 0.3) is 11.8 Å². The molecule has 2 amide bonds. The Morgan fingerprint density at radius 2 is 1.74 bits per heavy atom. The van der Waals surface area contributed by atoms with Gasteiger partial charge < -0.3 is 24.9 Å². The maximum atomic E-state index is 12.8. The van der Waals surface area contributed by atoms with E-state index in [1.807, 2.05) is 44.2 Å². The SMILES string of the molecule is CCOc1ccc(/C=N/OCC(=O)Nc2ccccc2C(=O)NC(C)c2ccccc2)cc1OC. The minimum atomic E-state index is -0.442. The summed E-state index contributed by atoms with van der Waals surface area (Å²) in [5, 5.41) is 9.50. The number of methoxy groups -OCH3 is 1. The number of ether oxygens (including phenoxy) is 2. The van der Waals surface area contributed by atoms with E-state index in [9.17, 15) is 9.59 Å². The first-order valence-corrected chi connectivity index (χ1v) is 11.2. The van der Waals surface area contributed by atoms with E-state index < -0.39 is 5.91 Å². The predicted molar refractivity (Wildman–Crippen MR) is 135 cm³/mol. The van der Waals surface area contributed by atoms with Crippen molar-refractivity contribution < 1.29 is 23.9 Å². The maximum absolute atomic E-state index is 12.8. The molecule has 8 nitrogen and oxygen atoms in total. The van der Waals surface area contributed by atoms with E-state index >= 15 is 0 Å². The molecular weight excluding hydrogens is 446 g/mol. The smallest absolute Gasteiger partial charge is 0.265 e. The topological polar surface area (TPSA) is 98.3 Å². The van der Waals surface area contributed by atoms with Crippen LogP contribution in [0.2, 0.25) is 0 Å². The average Bonchev–Trinajstić information content (AvgIpc) is 2.88. The second-order valence-corrected chi connectivity index (χ2v) is 7.55. The van der Waals surface area contributed by atoms with Crippen molar-refractivity contribution in [2.24, 2.45) is 5.16 Å². The minimum absolute atomic E-state index is 0.189. The van der Waals surface area contributed by atoms with E-state index in [0.29, 0.717) is 29.4 Å². The molecule has 0 radical (unpaired) electrons. The van der Waals surface area contributed by atoms with E-state index in [4.69, 9.17) is 14.3 Å². The van der Waals surface area contributed by atoms with Gasteiger partial charge in [0.05, 0.1) is 37.2 Å². The van der Waals surface area contributed by atoms with Crippen molar-refractivity contribution in [2.75, 3.05) is 25.6 Å². The minimum Gasteiger partial charge on any atom is -0.493 e. The molecule has 0 aliphatic carbocycles. The number of oxime groups is 1. The van der Waals surface area contributed by atoms with E-state index in [-0.39, 0.29) is 18.6 Å². The van der Waals surface area contributed by atoms with E-state index in [2.05, 4.69) is 15.8 Å². The number of benzene rings is 3. The molecule has 1 atom stereocenters. The third kappa shape index (κ3) is 7.33. The number of hydrogen-bond donors (Lipinski definition) is 2. The lowest BCUT2D eigenvalue weighted by Crippen LogP contribution is -2.28. The average molecular weight is 476 g/mol. The Kier molecular flexibility index (Phi) is 9.24. The Labute approximate surface area is 204 Å². The van der Waals surface area contributed by atoms with Gasteiger partial charge in [-0.05, 0) is 49.7 Å². The number of hydrogen-bond acceptors (Lipinski definition) is 6. The maximum Gasteiger partial charge on any atom is 0.265 e. The van der Waals surface area contributed by atoms with Crippen LogP contribution in [0.4, 0.5) is 5.69 Å². The molecule has 8 heteroatoms. The molecule has 0 aliphatic rings. The van der Waals surface area contributed by atoms with Crippen LogP contribution in [0.25, 0.3) is 0 Å². The normalized spacial score (nSPS) is 11.5. The molecule has 0 saturated carbocycles. The van der Waals surface area contributed by atoms with Crippen LogP contribution < -0.4 is 20.1 Å². The van der Waals surface area contributed by atoms with E-state index in [1.165, 1.54) is 6.21 Å². The van der Waals surface area contributed by atoms with Gasteiger partial charge in [-0.25, -0.2) is 0 Å². The number of rotatable bonds is 11. The second-order valence-electron chi connectivity index (χ2n) is 7.55. The molecular formula is C27H29N3O5. The fourth-order valence-corrected chi connectivity index (χ4v) is 3.31. The van der Waals surface area contributed by atoms with Gasteiger partial charge in [0.1, 0.15) is 0 Å². The van der Waals surface area contributed by atoms with E-state index in [1.54, 1.807) is 49.6 Å². The summed E-state index contributed by atoms with van der Waals surface area (Å²) in [6.07, 6.45) is 1.47. The third-order valence-corrected chi connectivity index (χ3v) is 5.05. The molecule has 0 bridgehead atoms. The summed E-state index contributed by atoms with van der Waals surface area (Å²) >= 11 is 0. The molecule has 0 saturated heterocycles. The molecule has 0 fully saturated rings. The highest BCUT2D eigenvalue weighted by atomic mass is 16.6. The predicted octanol–water partition coefficient (Wildman–Crippen LogP) is 4.57. The highest BCUT2D eigenvalue weighted by molar-refractivity contribution is 6.04. The summed E-state index contributed by atoms with van der Waals surface area (Å²) in [5.74, 6) is 0.474. The molecule has 0 heterocycles. The Bertz CT molecular complexity index is 1160. The Morgan fingerprint density at radius 3 is 2.49 bits per heavy atom. The largest absolute Gasteiger partial charge is 0.493 e. The zero-order valence-corrected chi connectivity index (χ0v) is 20.0. The van der Waals surface area contributed by atoms with Crippen LogP contribution in [0.1, 0.15) is 41.4 Å². The molecule has 35 heavy (non-hydrogen) atoms. The van der Waals surface area contributed by atoms with Gasteiger partial charge in [-0.3, -0.25) is 9.59 Å². The summed E-state index contributed by atoms with van der Waals surface area (Å²) in [7, 11) is 1.56. The molecule has 1 unspecified atom stereocenters. The van der Waals surface area contributed by atoms with Gasteiger partial charge >= 0.3 is 0 Å². The van der Waals surface area contributed by atoms with Crippen LogP contribution in [-0.4, -0.2) is 38.4 Å². The highest BCUT2D eigenvalue weighted by Crippen LogP contribution is 2.27. The number of carbonyl (C=O) groups excluding carboxylic acids is 2.